The Labute approximate surface area is 110 Å². The molecule has 19 heavy (non-hydrogen) atoms. The summed E-state index contributed by atoms with van der Waals surface area (Å²) < 4.78 is 5.29. The van der Waals surface area contributed by atoms with Crippen molar-refractivity contribution in [3.8, 4) is 34.5 Å². The summed E-state index contributed by atoms with van der Waals surface area (Å²) in [6, 6.07) is 6.05. The van der Waals surface area contributed by atoms with Crippen molar-refractivity contribution in [2.24, 2.45) is 0 Å². The third kappa shape index (κ3) is 2.22. The number of hydrogen-bond acceptors (Lipinski definition) is 5. The molecule has 0 saturated heterocycles. The largest absolute Gasteiger partial charge is 0.504 e. The van der Waals surface area contributed by atoms with Gasteiger partial charge in [0.25, 0.3) is 0 Å². The van der Waals surface area contributed by atoms with E-state index < -0.39 is 11.5 Å². The van der Waals surface area contributed by atoms with Gasteiger partial charge in [-0.3, -0.25) is 0 Å². The summed E-state index contributed by atoms with van der Waals surface area (Å²) in [4.78, 5) is 0. The Balaban J connectivity index is 2.43. The number of ether oxygens (including phenoxy) is 1. The van der Waals surface area contributed by atoms with Crippen LogP contribution in [0.15, 0.2) is 24.3 Å². The summed E-state index contributed by atoms with van der Waals surface area (Å²) in [5.74, 6) is -1.43. The van der Waals surface area contributed by atoms with E-state index in [-0.39, 0.29) is 23.0 Å². The smallest absolute Gasteiger partial charge is 0.201 e. The number of phenolic OH excluding ortho intramolecular Hbond substituents is 4. The molecule has 100 valence electrons. The van der Waals surface area contributed by atoms with Gasteiger partial charge >= 0.3 is 0 Å². The van der Waals surface area contributed by atoms with Crippen LogP contribution in [0.4, 0.5) is 0 Å². The van der Waals surface area contributed by atoms with Gasteiger partial charge in [0.1, 0.15) is 0 Å². The zero-order chi connectivity index (χ0) is 14.2. The van der Waals surface area contributed by atoms with Crippen LogP contribution in [0.1, 0.15) is 11.1 Å². The van der Waals surface area contributed by atoms with Crippen LogP contribution in [0.5, 0.6) is 34.5 Å². The van der Waals surface area contributed by atoms with E-state index in [4.69, 9.17) is 4.74 Å². The van der Waals surface area contributed by atoms with Gasteiger partial charge in [-0.1, -0.05) is 12.1 Å². The Morgan fingerprint density at radius 1 is 0.632 bits per heavy atom. The molecular formula is C14H14O5. The standard InChI is InChI=1S/C14H14O5/c1-7-3-5-9(13(17)11(7)15)19-10-6-4-8(2)12(16)14(10)18/h3-6,15-18H,1-2H3. The lowest BCUT2D eigenvalue weighted by molar-refractivity contribution is 0.349. The van der Waals surface area contributed by atoms with Crippen molar-refractivity contribution in [1.82, 2.24) is 0 Å². The Kier molecular flexibility index (Phi) is 3.12. The topological polar surface area (TPSA) is 90.2 Å². The second-order valence-electron chi connectivity index (χ2n) is 4.26. The van der Waals surface area contributed by atoms with Crippen molar-refractivity contribution in [2.75, 3.05) is 0 Å². The molecule has 0 saturated carbocycles. The van der Waals surface area contributed by atoms with Crippen LogP contribution in [-0.2, 0) is 0 Å². The maximum atomic E-state index is 9.74. The lowest BCUT2D eigenvalue weighted by Crippen LogP contribution is -1.88. The maximum absolute atomic E-state index is 9.74. The number of aryl methyl sites for hydroxylation is 2. The molecule has 0 aromatic heterocycles. The van der Waals surface area contributed by atoms with Crippen LogP contribution in [0.25, 0.3) is 0 Å². The number of phenols is 4. The van der Waals surface area contributed by atoms with E-state index in [0.29, 0.717) is 11.1 Å². The summed E-state index contributed by atoms with van der Waals surface area (Å²) in [6.07, 6.45) is 0. The number of benzene rings is 2. The van der Waals surface area contributed by atoms with Crippen LogP contribution < -0.4 is 4.74 Å². The first kappa shape index (κ1) is 12.9. The SMILES string of the molecule is Cc1ccc(Oc2ccc(C)c(O)c2O)c(O)c1O. The molecule has 0 aliphatic carbocycles. The van der Waals surface area contributed by atoms with Crippen molar-refractivity contribution >= 4 is 0 Å². The van der Waals surface area contributed by atoms with Crippen molar-refractivity contribution in [3.05, 3.63) is 35.4 Å². The minimum atomic E-state index is -0.417. The normalized spacial score (nSPS) is 10.4. The average molecular weight is 262 g/mol. The number of aromatic hydroxyl groups is 4. The molecule has 2 aromatic carbocycles. The molecular weight excluding hydrogens is 248 g/mol. The third-order valence-corrected chi connectivity index (χ3v) is 2.85. The quantitative estimate of drug-likeness (QED) is 0.625. The molecule has 0 fully saturated rings. The first-order valence-corrected chi connectivity index (χ1v) is 5.62. The molecule has 0 aliphatic rings. The monoisotopic (exact) mass is 262 g/mol. The predicted molar refractivity (Wildman–Crippen MR) is 69.1 cm³/mol. The van der Waals surface area contributed by atoms with E-state index in [1.54, 1.807) is 26.0 Å². The van der Waals surface area contributed by atoms with Crippen LogP contribution in [0.2, 0.25) is 0 Å². The number of hydrogen-bond donors (Lipinski definition) is 4. The lowest BCUT2D eigenvalue weighted by atomic mass is 10.2. The van der Waals surface area contributed by atoms with Crippen LogP contribution in [0, 0.1) is 13.8 Å². The van der Waals surface area contributed by atoms with E-state index in [1.807, 2.05) is 0 Å². The molecule has 0 unspecified atom stereocenters. The van der Waals surface area contributed by atoms with Crippen LogP contribution in [0.3, 0.4) is 0 Å². The van der Waals surface area contributed by atoms with Gasteiger partial charge in [-0.15, -0.1) is 0 Å². The van der Waals surface area contributed by atoms with Crippen molar-refractivity contribution in [3.63, 3.8) is 0 Å². The van der Waals surface area contributed by atoms with Gasteiger partial charge in [-0.05, 0) is 37.1 Å². The highest BCUT2D eigenvalue weighted by Crippen LogP contribution is 2.44. The third-order valence-electron chi connectivity index (χ3n) is 2.85. The zero-order valence-electron chi connectivity index (χ0n) is 10.5. The zero-order valence-corrected chi connectivity index (χ0v) is 10.5. The molecule has 0 aliphatic heterocycles. The molecule has 0 amide bonds. The van der Waals surface area contributed by atoms with Crippen molar-refractivity contribution in [2.45, 2.75) is 13.8 Å². The second kappa shape index (κ2) is 4.61. The van der Waals surface area contributed by atoms with Gasteiger partial charge in [0.15, 0.2) is 23.0 Å². The van der Waals surface area contributed by atoms with Gasteiger partial charge in [0.05, 0.1) is 0 Å². The summed E-state index contributed by atoms with van der Waals surface area (Å²) in [5.41, 5.74) is 1.00. The van der Waals surface area contributed by atoms with Gasteiger partial charge in [-0.2, -0.15) is 0 Å². The molecule has 4 N–H and O–H groups in total. The molecule has 0 atom stereocenters. The highest BCUT2D eigenvalue weighted by molar-refractivity contribution is 5.58. The van der Waals surface area contributed by atoms with E-state index in [9.17, 15) is 20.4 Å². The fraction of sp³-hybridized carbons (Fsp3) is 0.143. The van der Waals surface area contributed by atoms with Gasteiger partial charge in [-0.25, -0.2) is 0 Å². The summed E-state index contributed by atoms with van der Waals surface area (Å²) in [6.45, 7) is 3.27. The van der Waals surface area contributed by atoms with Gasteiger partial charge in [0, 0.05) is 0 Å². The molecule has 0 bridgehead atoms. The maximum Gasteiger partial charge on any atom is 0.201 e. The molecule has 5 heteroatoms. The summed E-state index contributed by atoms with van der Waals surface area (Å²) >= 11 is 0. The Bertz CT molecular complexity index is 579. The molecule has 0 heterocycles. The predicted octanol–water partition coefficient (Wildman–Crippen LogP) is 2.92. The number of rotatable bonds is 2. The summed E-state index contributed by atoms with van der Waals surface area (Å²) in [5, 5.41) is 38.7. The Hall–Kier alpha value is -2.56. The molecule has 0 radical (unpaired) electrons. The first-order valence-electron chi connectivity index (χ1n) is 5.62. The average Bonchev–Trinajstić information content (AvgIpc) is 2.39. The van der Waals surface area contributed by atoms with E-state index >= 15 is 0 Å². The highest BCUT2D eigenvalue weighted by Gasteiger charge is 2.15. The van der Waals surface area contributed by atoms with Gasteiger partial charge < -0.3 is 25.2 Å². The van der Waals surface area contributed by atoms with Crippen LogP contribution >= 0.6 is 0 Å². The molecule has 2 aromatic rings. The lowest BCUT2D eigenvalue weighted by Gasteiger charge is -2.12. The Morgan fingerprint density at radius 3 is 1.37 bits per heavy atom. The summed E-state index contributed by atoms with van der Waals surface area (Å²) in [7, 11) is 0. The Morgan fingerprint density at radius 2 is 1.00 bits per heavy atom. The highest BCUT2D eigenvalue weighted by atomic mass is 16.5. The van der Waals surface area contributed by atoms with E-state index in [1.165, 1.54) is 12.1 Å². The minimum absolute atomic E-state index is 0.0124. The molecule has 5 nitrogen and oxygen atoms in total. The van der Waals surface area contributed by atoms with Crippen LogP contribution in [-0.4, -0.2) is 20.4 Å². The van der Waals surface area contributed by atoms with E-state index in [2.05, 4.69) is 0 Å². The fourth-order valence-electron chi connectivity index (χ4n) is 1.61. The second-order valence-corrected chi connectivity index (χ2v) is 4.26. The minimum Gasteiger partial charge on any atom is -0.504 e. The fourth-order valence-corrected chi connectivity index (χ4v) is 1.61. The van der Waals surface area contributed by atoms with Gasteiger partial charge in [0.2, 0.25) is 11.5 Å². The van der Waals surface area contributed by atoms with Crippen molar-refractivity contribution in [1.29, 1.82) is 0 Å². The molecule has 2 rings (SSSR count). The first-order chi connectivity index (χ1) is 8.91. The molecule has 0 spiro atoms. The van der Waals surface area contributed by atoms with E-state index in [0.717, 1.165) is 0 Å². The van der Waals surface area contributed by atoms with Crippen molar-refractivity contribution < 1.29 is 25.2 Å².